The summed E-state index contributed by atoms with van der Waals surface area (Å²) in [7, 11) is 5.47. The zero-order chi connectivity index (χ0) is 29.9. The van der Waals surface area contributed by atoms with E-state index in [1.807, 2.05) is 26.4 Å². The van der Waals surface area contributed by atoms with Crippen LogP contribution in [0, 0.1) is 29.1 Å². The Hall–Kier alpha value is -2.08. The number of piperidine rings is 1. The van der Waals surface area contributed by atoms with Gasteiger partial charge in [0.1, 0.15) is 23.6 Å². The summed E-state index contributed by atoms with van der Waals surface area (Å²) in [5, 5.41) is 2.82. The van der Waals surface area contributed by atoms with Crippen molar-refractivity contribution < 1.29 is 38.0 Å². The highest BCUT2D eigenvalue weighted by molar-refractivity contribution is 6.00. The number of hydrogen-bond donors (Lipinski definition) is 1. The molecule has 2 heterocycles. The van der Waals surface area contributed by atoms with Crippen molar-refractivity contribution in [1.29, 1.82) is 0 Å². The Bertz CT molecular complexity index is 1340. The normalized spacial score (nSPS) is 48.6. The molecule has 12 atom stereocenters. The second kappa shape index (κ2) is 9.47. The van der Waals surface area contributed by atoms with Crippen molar-refractivity contribution in [3.8, 4) is 0 Å². The van der Waals surface area contributed by atoms with Crippen LogP contribution in [-0.2, 0) is 33.2 Å². The smallest absolute Gasteiger partial charge is 0.340 e. The lowest BCUT2D eigenvalue weighted by molar-refractivity contribution is -0.305. The minimum Gasteiger partial charge on any atom is -0.454 e. The molecule has 0 aromatic heterocycles. The van der Waals surface area contributed by atoms with Crippen molar-refractivity contribution in [2.45, 2.75) is 87.1 Å². The molecule has 2 spiro atoms. The monoisotopic (exact) mass is 596 g/mol. The number of hydrogen-bond acceptors (Lipinski definition) is 9. The summed E-state index contributed by atoms with van der Waals surface area (Å²) in [6.45, 7) is 5.41. The zero-order valence-electron chi connectivity index (χ0n) is 25.8. The molecular weight excluding hydrogens is 552 g/mol. The molecule has 7 aliphatic rings. The highest BCUT2D eigenvalue weighted by Gasteiger charge is 2.91. The molecule has 5 aliphatic carbocycles. The molecule has 1 aromatic rings. The average Bonchev–Trinajstić information content (AvgIpc) is 3.61. The third kappa shape index (κ3) is 3.15. The standard InChI is InChI=1S/C33H44N2O8/c1-6-35-16-30(43-29(37)19-9-7-8-10-22(19)34-18(2)36)12-11-26(39-4)32-24(30)14-21(27(32)35)31-15-23(38-3)20-13-25(32)33(31,28(20)40-5)42-17-41-31/h7-10,20-21,23-28H,6,11-17H2,1-5H3,(H,34,36)/t20-,21-,23+,24-,25+,26+,27+,28+,30-,31+,32+,33+/m1/s1. The quantitative estimate of drug-likeness (QED) is 0.475. The molecule has 7 bridgehead atoms. The molecule has 0 unspecified atom stereocenters. The summed E-state index contributed by atoms with van der Waals surface area (Å²) in [4.78, 5) is 28.7. The van der Waals surface area contributed by atoms with Gasteiger partial charge in [-0.05, 0) is 44.4 Å². The number of para-hydroxylation sites is 1. The topological polar surface area (TPSA) is 105 Å². The van der Waals surface area contributed by atoms with Gasteiger partial charge in [-0.3, -0.25) is 9.69 Å². The minimum atomic E-state index is -0.710. The molecular formula is C33H44N2O8. The van der Waals surface area contributed by atoms with Crippen molar-refractivity contribution >= 4 is 17.6 Å². The van der Waals surface area contributed by atoms with Crippen LogP contribution in [0.2, 0.25) is 0 Å². The van der Waals surface area contributed by atoms with Crippen molar-refractivity contribution in [3.63, 3.8) is 0 Å². The molecule has 10 nitrogen and oxygen atoms in total. The Balaban J connectivity index is 1.29. The fourth-order valence-corrected chi connectivity index (χ4v) is 12.4. The second-order valence-electron chi connectivity index (χ2n) is 14.0. The summed E-state index contributed by atoms with van der Waals surface area (Å²) < 4.78 is 39.7. The number of nitrogens with one attached hydrogen (secondary N) is 1. The lowest BCUT2D eigenvalue weighted by atomic mass is 9.44. The third-order valence-corrected chi connectivity index (χ3v) is 13.2. The summed E-state index contributed by atoms with van der Waals surface area (Å²) in [5.74, 6) is -0.131. The number of likely N-dealkylation sites (N-methyl/N-ethyl adjacent to an activating group) is 1. The van der Waals surface area contributed by atoms with Gasteiger partial charge in [0, 0.05) is 76.3 Å². The van der Waals surface area contributed by atoms with Crippen LogP contribution in [0.15, 0.2) is 24.3 Å². The average molecular weight is 597 g/mol. The molecule has 0 radical (unpaired) electrons. The molecule has 5 saturated carbocycles. The van der Waals surface area contributed by atoms with Gasteiger partial charge < -0.3 is 33.7 Å². The maximum Gasteiger partial charge on any atom is 0.340 e. The molecule has 1 amide bonds. The van der Waals surface area contributed by atoms with Gasteiger partial charge in [0.15, 0.2) is 0 Å². The van der Waals surface area contributed by atoms with Crippen molar-refractivity contribution in [1.82, 2.24) is 4.90 Å². The Morgan fingerprint density at radius 2 is 1.88 bits per heavy atom. The van der Waals surface area contributed by atoms with E-state index in [0.29, 0.717) is 24.2 Å². The second-order valence-corrected chi connectivity index (χ2v) is 14.0. The number of fused-ring (bicyclic) bond motifs is 1. The predicted molar refractivity (Wildman–Crippen MR) is 154 cm³/mol. The van der Waals surface area contributed by atoms with E-state index >= 15 is 0 Å². The van der Waals surface area contributed by atoms with E-state index in [1.54, 1.807) is 19.2 Å². The van der Waals surface area contributed by atoms with Gasteiger partial charge in [-0.2, -0.15) is 0 Å². The maximum atomic E-state index is 14.1. The summed E-state index contributed by atoms with van der Waals surface area (Å²) in [6, 6.07) is 7.32. The number of amides is 1. The van der Waals surface area contributed by atoms with E-state index in [4.69, 9.17) is 28.4 Å². The minimum absolute atomic E-state index is 0.0141. The first-order valence-electron chi connectivity index (χ1n) is 16.0. The van der Waals surface area contributed by atoms with Gasteiger partial charge in [0.05, 0.1) is 29.6 Å². The molecule has 2 saturated heterocycles. The number of esters is 1. The highest BCUT2D eigenvalue weighted by atomic mass is 16.7. The molecule has 1 aromatic carbocycles. The summed E-state index contributed by atoms with van der Waals surface area (Å²) in [6.07, 6.45) is 3.91. The van der Waals surface area contributed by atoms with Crippen LogP contribution in [-0.4, -0.2) is 99.1 Å². The number of carbonyl (C=O) groups is 2. The van der Waals surface area contributed by atoms with Crippen LogP contribution in [0.25, 0.3) is 0 Å². The number of likely N-dealkylation sites (tertiary alicyclic amines) is 1. The first kappa shape index (κ1) is 28.4. The van der Waals surface area contributed by atoms with Crippen LogP contribution in [0.3, 0.4) is 0 Å². The van der Waals surface area contributed by atoms with E-state index in [0.717, 1.165) is 32.2 Å². The number of rotatable bonds is 7. The Morgan fingerprint density at radius 1 is 1.07 bits per heavy atom. The van der Waals surface area contributed by atoms with Crippen molar-refractivity contribution in [2.75, 3.05) is 46.5 Å². The van der Waals surface area contributed by atoms with E-state index in [-0.39, 0.29) is 66.1 Å². The lowest BCUT2D eigenvalue weighted by Crippen LogP contribution is -2.82. The van der Waals surface area contributed by atoms with Crippen LogP contribution >= 0.6 is 0 Å². The van der Waals surface area contributed by atoms with Gasteiger partial charge in [0.25, 0.3) is 0 Å². The molecule has 234 valence electrons. The van der Waals surface area contributed by atoms with E-state index in [1.165, 1.54) is 6.92 Å². The number of ether oxygens (including phenoxy) is 6. The fourth-order valence-electron chi connectivity index (χ4n) is 12.4. The van der Waals surface area contributed by atoms with Gasteiger partial charge >= 0.3 is 5.97 Å². The highest BCUT2D eigenvalue weighted by Crippen LogP contribution is 2.81. The number of anilines is 1. The molecule has 8 rings (SSSR count). The number of benzene rings is 1. The van der Waals surface area contributed by atoms with Crippen LogP contribution in [0.5, 0.6) is 0 Å². The number of carbonyl (C=O) groups excluding carboxylic acids is 2. The van der Waals surface area contributed by atoms with E-state index < -0.39 is 22.8 Å². The van der Waals surface area contributed by atoms with Crippen molar-refractivity contribution in [2.24, 2.45) is 29.1 Å². The number of nitrogens with zero attached hydrogens (tertiary/aromatic N) is 1. The van der Waals surface area contributed by atoms with E-state index in [9.17, 15) is 9.59 Å². The van der Waals surface area contributed by atoms with Crippen LogP contribution < -0.4 is 5.32 Å². The largest absolute Gasteiger partial charge is 0.454 e. The molecule has 2 aliphatic heterocycles. The molecule has 1 N–H and O–H groups in total. The SMILES string of the molecule is CCN1C[C@]2(OC(=O)c3ccccc3NC(C)=O)CC[C@H](OC)[C@]34[C@@H]1[C@@H](C[C@H]23)[C@@]12C[C@H](OC)[C@H]3C[C@@H]4[C@]1(OCO2)[C@H]3OC. The Kier molecular flexibility index (Phi) is 6.25. The lowest BCUT2D eigenvalue weighted by Gasteiger charge is -2.70. The third-order valence-electron chi connectivity index (χ3n) is 13.2. The number of methoxy groups -OCH3 is 3. The Morgan fingerprint density at radius 3 is 2.60 bits per heavy atom. The first-order chi connectivity index (χ1) is 20.8. The van der Waals surface area contributed by atoms with Gasteiger partial charge in [-0.1, -0.05) is 19.1 Å². The Labute approximate surface area is 253 Å². The summed E-state index contributed by atoms with van der Waals surface area (Å²) >= 11 is 0. The zero-order valence-corrected chi connectivity index (χ0v) is 25.8. The van der Waals surface area contributed by atoms with Gasteiger partial charge in [-0.25, -0.2) is 4.79 Å². The fraction of sp³-hybridized carbons (Fsp3) is 0.758. The first-order valence-corrected chi connectivity index (χ1v) is 16.0. The summed E-state index contributed by atoms with van der Waals surface area (Å²) in [5.41, 5.74) is -1.33. The van der Waals surface area contributed by atoms with Crippen LogP contribution in [0.1, 0.15) is 56.3 Å². The maximum absolute atomic E-state index is 14.1. The molecule has 7 fully saturated rings. The van der Waals surface area contributed by atoms with E-state index in [2.05, 4.69) is 17.1 Å². The van der Waals surface area contributed by atoms with Crippen molar-refractivity contribution in [3.05, 3.63) is 29.8 Å². The van der Waals surface area contributed by atoms with Gasteiger partial charge in [0.2, 0.25) is 5.91 Å². The molecule has 43 heavy (non-hydrogen) atoms. The predicted octanol–water partition coefficient (Wildman–Crippen LogP) is 3.24. The van der Waals surface area contributed by atoms with Gasteiger partial charge in [-0.15, -0.1) is 0 Å². The molecule has 10 heteroatoms. The van der Waals surface area contributed by atoms with Crippen LogP contribution in [0.4, 0.5) is 5.69 Å².